The Morgan fingerprint density at radius 2 is 1.86 bits per heavy atom. The molecule has 194 valence electrons. The largest absolute Gasteiger partial charge is 0.388 e. The summed E-state index contributed by atoms with van der Waals surface area (Å²) in [5.74, 6) is -0.664. The Balaban J connectivity index is 1.16. The average molecular weight is 523 g/mol. The Labute approximate surface area is 210 Å². The van der Waals surface area contributed by atoms with E-state index in [2.05, 4.69) is 27.2 Å². The zero-order valence-electron chi connectivity index (χ0n) is 19.6. The summed E-state index contributed by atoms with van der Waals surface area (Å²) in [7, 11) is 0. The molecule has 0 bridgehead atoms. The second kappa shape index (κ2) is 10.5. The third-order valence-electron chi connectivity index (χ3n) is 6.53. The molecule has 0 saturated heterocycles. The normalized spacial score (nSPS) is 27.7. The summed E-state index contributed by atoms with van der Waals surface area (Å²) in [5.41, 5.74) is 7.49. The van der Waals surface area contributed by atoms with Gasteiger partial charge in [-0.2, -0.15) is 0 Å². The van der Waals surface area contributed by atoms with Gasteiger partial charge in [0.15, 0.2) is 33.8 Å². The first-order valence-corrected chi connectivity index (χ1v) is 12.9. The van der Waals surface area contributed by atoms with Gasteiger partial charge in [-0.05, 0) is 30.5 Å². The fourth-order valence-electron chi connectivity index (χ4n) is 4.54. The van der Waals surface area contributed by atoms with Gasteiger partial charge < -0.3 is 25.4 Å². The van der Waals surface area contributed by atoms with Gasteiger partial charge in [0.05, 0.1) is 31.5 Å². The van der Waals surface area contributed by atoms with Crippen LogP contribution in [-0.2, 0) is 9.47 Å². The lowest BCUT2D eigenvalue weighted by atomic mass is 10.1. The van der Waals surface area contributed by atoms with E-state index in [-0.39, 0.29) is 31.1 Å². The molecule has 13 heteroatoms. The minimum atomic E-state index is -1.13. The van der Waals surface area contributed by atoms with E-state index in [9.17, 15) is 19.0 Å². The topological polar surface area (TPSA) is 141 Å². The lowest BCUT2D eigenvalue weighted by Crippen LogP contribution is -2.33. The van der Waals surface area contributed by atoms with Gasteiger partial charge >= 0.3 is 0 Å². The van der Waals surface area contributed by atoms with Gasteiger partial charge in [-0.3, -0.25) is 0 Å². The Bertz CT molecular complexity index is 1230. The van der Waals surface area contributed by atoms with Crippen molar-refractivity contribution in [2.45, 2.75) is 67.7 Å². The molecule has 3 aromatic rings. The van der Waals surface area contributed by atoms with E-state index in [1.54, 1.807) is 6.07 Å². The number of ether oxygens (including phenoxy) is 2. The minimum Gasteiger partial charge on any atom is -0.388 e. The number of fused-ring (bicyclic) bond motifs is 1. The molecule has 36 heavy (non-hydrogen) atoms. The number of hydrogen-bond acceptors (Lipinski definition) is 10. The molecule has 0 aliphatic heterocycles. The van der Waals surface area contributed by atoms with Crippen LogP contribution >= 0.6 is 11.8 Å². The molecule has 2 heterocycles. The first kappa shape index (κ1) is 25.2. The highest BCUT2D eigenvalue weighted by molar-refractivity contribution is 7.99. The number of aliphatic hydroxyl groups is 2. The quantitative estimate of drug-likeness (QED) is 0.206. The van der Waals surface area contributed by atoms with Gasteiger partial charge in [-0.15, -0.1) is 5.10 Å². The molecule has 10 nitrogen and oxygen atoms in total. The van der Waals surface area contributed by atoms with E-state index >= 15 is 0 Å². The number of nitrogens with zero attached hydrogens (tertiary/aromatic N) is 5. The van der Waals surface area contributed by atoms with Crippen LogP contribution in [0.25, 0.3) is 11.2 Å². The second-order valence-electron chi connectivity index (χ2n) is 9.06. The van der Waals surface area contributed by atoms with Crippen LogP contribution in [0.2, 0.25) is 0 Å². The summed E-state index contributed by atoms with van der Waals surface area (Å²) >= 11 is 1.47. The molecule has 0 spiro atoms. The predicted octanol–water partition coefficient (Wildman–Crippen LogP) is 2.21. The van der Waals surface area contributed by atoms with Gasteiger partial charge in [0, 0.05) is 18.1 Å². The van der Waals surface area contributed by atoms with E-state index < -0.39 is 36.0 Å². The van der Waals surface area contributed by atoms with Crippen molar-refractivity contribution in [1.82, 2.24) is 25.0 Å². The van der Waals surface area contributed by atoms with E-state index in [0.717, 1.165) is 24.7 Å². The third kappa shape index (κ3) is 5.02. The van der Waals surface area contributed by atoms with Crippen molar-refractivity contribution >= 4 is 28.7 Å². The maximum absolute atomic E-state index is 13.4. The lowest BCUT2D eigenvalue weighted by molar-refractivity contribution is -0.0700. The van der Waals surface area contributed by atoms with Crippen molar-refractivity contribution in [3.63, 3.8) is 0 Å². The van der Waals surface area contributed by atoms with Crippen molar-refractivity contribution in [2.24, 2.45) is 0 Å². The molecule has 2 saturated carbocycles. The molecular formula is C23H28F2N6O4S. The number of halogens is 2. The van der Waals surface area contributed by atoms with Crippen molar-refractivity contribution in [1.29, 1.82) is 0 Å². The molecule has 0 amide bonds. The SMILES string of the molecule is CCCSc1nc(N)c2nnn([C@@H]3C[C@H](OCCOC4CC4c4ccc(F)c(F)c4)[C@@H](O)[C@H]3O)c2n1. The summed E-state index contributed by atoms with van der Waals surface area (Å²) in [5, 5.41) is 30.0. The Morgan fingerprint density at radius 1 is 1.08 bits per heavy atom. The first-order valence-electron chi connectivity index (χ1n) is 11.9. The molecule has 2 unspecified atom stereocenters. The van der Waals surface area contributed by atoms with Crippen LogP contribution in [0.1, 0.15) is 43.7 Å². The molecule has 1 aromatic carbocycles. The number of rotatable bonds is 10. The van der Waals surface area contributed by atoms with Crippen LogP contribution in [0, 0.1) is 11.6 Å². The van der Waals surface area contributed by atoms with E-state index in [1.165, 1.54) is 22.5 Å². The molecule has 6 atom stereocenters. The second-order valence-corrected chi connectivity index (χ2v) is 10.1. The van der Waals surface area contributed by atoms with E-state index in [1.807, 2.05) is 0 Å². The lowest BCUT2D eigenvalue weighted by Gasteiger charge is -2.17. The van der Waals surface area contributed by atoms with Gasteiger partial charge in [-0.1, -0.05) is 30.0 Å². The highest BCUT2D eigenvalue weighted by Crippen LogP contribution is 2.43. The van der Waals surface area contributed by atoms with Crippen LogP contribution in [0.4, 0.5) is 14.6 Å². The fourth-order valence-corrected chi connectivity index (χ4v) is 5.24. The number of aliphatic hydroxyl groups excluding tert-OH is 2. The molecule has 2 aliphatic rings. The monoisotopic (exact) mass is 522 g/mol. The molecule has 4 N–H and O–H groups in total. The summed E-state index contributed by atoms with van der Waals surface area (Å²) in [6, 6.07) is 3.29. The Hall–Kier alpha value is -2.45. The van der Waals surface area contributed by atoms with Crippen LogP contribution in [0.5, 0.6) is 0 Å². The fraction of sp³-hybridized carbons (Fsp3) is 0.565. The highest BCUT2D eigenvalue weighted by atomic mass is 32.2. The zero-order chi connectivity index (χ0) is 25.4. The molecule has 2 aromatic heterocycles. The zero-order valence-corrected chi connectivity index (χ0v) is 20.4. The smallest absolute Gasteiger partial charge is 0.191 e. The summed E-state index contributed by atoms with van der Waals surface area (Å²) < 4.78 is 39.6. The number of benzene rings is 1. The molecule has 0 radical (unpaired) electrons. The van der Waals surface area contributed by atoms with Gasteiger partial charge in [0.25, 0.3) is 0 Å². The van der Waals surface area contributed by atoms with Crippen LogP contribution < -0.4 is 5.73 Å². The number of hydrogen-bond donors (Lipinski definition) is 3. The highest BCUT2D eigenvalue weighted by Gasteiger charge is 2.45. The van der Waals surface area contributed by atoms with E-state index in [4.69, 9.17) is 15.2 Å². The van der Waals surface area contributed by atoms with Crippen LogP contribution in [-0.4, -0.2) is 78.6 Å². The number of thioether (sulfide) groups is 1. The number of aromatic nitrogens is 5. The summed E-state index contributed by atoms with van der Waals surface area (Å²) in [4.78, 5) is 8.78. The third-order valence-corrected chi connectivity index (χ3v) is 7.58. The van der Waals surface area contributed by atoms with Gasteiger partial charge in [0.2, 0.25) is 0 Å². The Kier molecular flexibility index (Phi) is 7.35. The maximum Gasteiger partial charge on any atom is 0.191 e. The standard InChI is InChI=1S/C23H28F2N6O4S/c1-2-7-36-23-27-21(26)18-22(28-23)31(30-29-18)15-10-17(20(33)19(15)32)35-6-5-34-16-9-12(16)11-3-4-13(24)14(25)8-11/h3-4,8,12,15-17,19-20,32-33H,2,5-7,9-10H2,1H3,(H2,26,27,28)/t12?,15-,16?,17+,19+,20-/m1/s1. The number of nitrogens with two attached hydrogens (primary N) is 1. The van der Waals surface area contributed by atoms with Crippen molar-refractivity contribution in [2.75, 3.05) is 24.7 Å². The Morgan fingerprint density at radius 3 is 2.61 bits per heavy atom. The minimum absolute atomic E-state index is 0.0266. The van der Waals surface area contributed by atoms with Gasteiger partial charge in [-0.25, -0.2) is 23.4 Å². The first-order chi connectivity index (χ1) is 17.4. The van der Waals surface area contributed by atoms with Crippen LogP contribution in [0.3, 0.4) is 0 Å². The van der Waals surface area contributed by atoms with E-state index in [0.29, 0.717) is 28.3 Å². The molecule has 2 fully saturated rings. The van der Waals surface area contributed by atoms with Gasteiger partial charge in [0.1, 0.15) is 12.2 Å². The number of nitrogen functional groups attached to an aromatic ring is 1. The predicted molar refractivity (Wildman–Crippen MR) is 127 cm³/mol. The van der Waals surface area contributed by atoms with Crippen molar-refractivity contribution < 1.29 is 28.5 Å². The summed E-state index contributed by atoms with van der Waals surface area (Å²) in [6.07, 6.45) is -1.02. The van der Waals surface area contributed by atoms with Crippen molar-refractivity contribution in [3.05, 3.63) is 35.4 Å². The molecular weight excluding hydrogens is 494 g/mol. The number of anilines is 1. The van der Waals surface area contributed by atoms with Crippen LogP contribution in [0.15, 0.2) is 23.4 Å². The average Bonchev–Trinajstić information content (AvgIpc) is 3.43. The summed E-state index contributed by atoms with van der Waals surface area (Å²) in [6.45, 7) is 2.52. The maximum atomic E-state index is 13.4. The molecule has 5 rings (SSSR count). The van der Waals surface area contributed by atoms with Crippen molar-refractivity contribution in [3.8, 4) is 0 Å². The molecule has 2 aliphatic carbocycles.